The van der Waals surface area contributed by atoms with E-state index in [9.17, 15) is 10.1 Å². The average Bonchev–Trinajstić information content (AvgIpc) is 2.16. The van der Waals surface area contributed by atoms with Crippen LogP contribution < -0.4 is 5.46 Å². The normalized spacial score (nSPS) is 12.6. The number of nitrogens with zero attached hydrogens (tertiary/aromatic N) is 1. The molecule has 0 fully saturated rings. The van der Waals surface area contributed by atoms with Crippen molar-refractivity contribution in [2.45, 2.75) is 45.8 Å². The molecule has 0 aromatic carbocycles. The van der Waals surface area contributed by atoms with Crippen molar-refractivity contribution in [1.29, 1.82) is 0 Å². The molecule has 1 rings (SSSR count). The summed E-state index contributed by atoms with van der Waals surface area (Å²) < 4.78 is 5.49. The van der Waals surface area contributed by atoms with Crippen LogP contribution in [-0.2, 0) is 4.65 Å². The maximum atomic E-state index is 9.94. The Morgan fingerprint density at radius 2 is 1.82 bits per heavy atom. The van der Waals surface area contributed by atoms with Gasteiger partial charge < -0.3 is 14.8 Å². The van der Waals surface area contributed by atoms with Crippen LogP contribution in [0.3, 0.4) is 0 Å². The Hall–Kier alpha value is -0.905. The quantitative estimate of drug-likeness (QED) is 0.754. The number of aryl methyl sites for hydroxylation is 1. The van der Waals surface area contributed by atoms with E-state index in [2.05, 4.69) is 4.98 Å². The summed E-state index contributed by atoms with van der Waals surface area (Å²) in [5.41, 5.74) is -0.459. The zero-order valence-electron chi connectivity index (χ0n) is 11.1. The van der Waals surface area contributed by atoms with Gasteiger partial charge in [0.1, 0.15) is 0 Å². The Balaban J connectivity index is 2.79. The fourth-order valence-electron chi connectivity index (χ4n) is 1.12. The highest BCUT2D eigenvalue weighted by atomic mass is 16.5. The predicted molar refractivity (Wildman–Crippen MR) is 68.0 cm³/mol. The fraction of sp³-hybridized carbons (Fsp3) is 0.583. The smallest absolute Gasteiger partial charge is 0.423 e. The molecule has 1 heterocycles. The second kappa shape index (κ2) is 4.76. The number of pyridine rings is 1. The maximum Gasteiger partial charge on any atom is 0.493 e. The molecule has 0 saturated carbocycles. The van der Waals surface area contributed by atoms with Crippen LogP contribution in [-0.4, -0.2) is 33.4 Å². The summed E-state index contributed by atoms with van der Waals surface area (Å²) in [6.45, 7) is 8.63. The molecule has 0 aliphatic rings. The van der Waals surface area contributed by atoms with Crippen LogP contribution in [0.4, 0.5) is 0 Å². The lowest BCUT2D eigenvalue weighted by Crippen LogP contribution is -2.53. The minimum Gasteiger partial charge on any atom is -0.423 e. The summed E-state index contributed by atoms with van der Waals surface area (Å²) in [5.74, 6) is 0. The third-order valence-electron chi connectivity index (χ3n) is 3.10. The van der Waals surface area contributed by atoms with Gasteiger partial charge in [0.15, 0.2) is 0 Å². The van der Waals surface area contributed by atoms with Gasteiger partial charge in [-0.05, 0) is 40.7 Å². The van der Waals surface area contributed by atoms with Gasteiger partial charge in [0, 0.05) is 17.4 Å². The van der Waals surface area contributed by atoms with Crippen molar-refractivity contribution in [3.05, 3.63) is 24.0 Å². The highest BCUT2D eigenvalue weighted by molar-refractivity contribution is 6.59. The minimum atomic E-state index is -1.09. The molecule has 0 spiro atoms. The zero-order valence-corrected chi connectivity index (χ0v) is 11.1. The van der Waals surface area contributed by atoms with Gasteiger partial charge in [-0.2, -0.15) is 0 Å². The van der Waals surface area contributed by atoms with Crippen LogP contribution in [0.5, 0.6) is 0 Å². The van der Waals surface area contributed by atoms with Crippen molar-refractivity contribution in [3.8, 4) is 0 Å². The Kier molecular flexibility index (Phi) is 3.97. The topological polar surface area (TPSA) is 62.6 Å². The molecule has 0 unspecified atom stereocenters. The number of aromatic nitrogens is 1. The molecule has 2 N–H and O–H groups in total. The van der Waals surface area contributed by atoms with Crippen molar-refractivity contribution in [2.75, 3.05) is 0 Å². The summed E-state index contributed by atoms with van der Waals surface area (Å²) in [5, 5.41) is 19.9. The fourth-order valence-corrected chi connectivity index (χ4v) is 1.12. The lowest BCUT2D eigenvalue weighted by molar-refractivity contribution is -0.0982. The average molecular weight is 237 g/mol. The first-order valence-electron chi connectivity index (χ1n) is 5.64. The van der Waals surface area contributed by atoms with Gasteiger partial charge in [0.2, 0.25) is 0 Å². The maximum absolute atomic E-state index is 9.94. The van der Waals surface area contributed by atoms with E-state index in [0.717, 1.165) is 5.69 Å². The summed E-state index contributed by atoms with van der Waals surface area (Å²) >= 11 is 0. The van der Waals surface area contributed by atoms with Gasteiger partial charge in [-0.25, -0.2) is 0 Å². The van der Waals surface area contributed by atoms with E-state index in [1.807, 2.05) is 6.92 Å². The van der Waals surface area contributed by atoms with Gasteiger partial charge in [-0.1, -0.05) is 6.07 Å². The molecule has 0 bridgehead atoms. The number of hydrogen-bond donors (Lipinski definition) is 2. The molecule has 0 amide bonds. The van der Waals surface area contributed by atoms with Crippen LogP contribution in [0.1, 0.15) is 33.4 Å². The summed E-state index contributed by atoms with van der Waals surface area (Å²) in [6.07, 6.45) is 1.57. The molecule has 0 aliphatic heterocycles. The summed E-state index contributed by atoms with van der Waals surface area (Å²) in [7, 11) is -1.09. The zero-order chi connectivity index (χ0) is 13.3. The van der Waals surface area contributed by atoms with Crippen LogP contribution >= 0.6 is 0 Å². The van der Waals surface area contributed by atoms with Gasteiger partial charge in [-0.3, -0.25) is 4.98 Å². The van der Waals surface area contributed by atoms with Crippen molar-refractivity contribution >= 4 is 12.6 Å². The highest BCUT2D eigenvalue weighted by Gasteiger charge is 2.39. The third kappa shape index (κ3) is 3.53. The van der Waals surface area contributed by atoms with Crippen LogP contribution in [0.25, 0.3) is 0 Å². The van der Waals surface area contributed by atoms with Gasteiger partial charge in [-0.15, -0.1) is 0 Å². The van der Waals surface area contributed by atoms with E-state index in [0.29, 0.717) is 5.46 Å². The van der Waals surface area contributed by atoms with Gasteiger partial charge in [0.05, 0.1) is 11.2 Å². The molecule has 5 heteroatoms. The molecule has 0 radical (unpaired) electrons. The van der Waals surface area contributed by atoms with Crippen molar-refractivity contribution in [2.24, 2.45) is 0 Å². The van der Waals surface area contributed by atoms with Gasteiger partial charge in [0.25, 0.3) is 0 Å². The Morgan fingerprint density at radius 3 is 2.24 bits per heavy atom. The monoisotopic (exact) mass is 237 g/mol. The first-order valence-corrected chi connectivity index (χ1v) is 5.64. The Bertz CT molecular complexity index is 370. The van der Waals surface area contributed by atoms with Crippen LogP contribution in [0.15, 0.2) is 18.3 Å². The first-order chi connectivity index (χ1) is 7.63. The molecule has 94 valence electrons. The largest absolute Gasteiger partial charge is 0.493 e. The molecule has 1 aromatic rings. The third-order valence-corrected chi connectivity index (χ3v) is 3.10. The predicted octanol–water partition coefficient (Wildman–Crippen LogP) is 0.644. The lowest BCUT2D eigenvalue weighted by Gasteiger charge is -2.38. The van der Waals surface area contributed by atoms with Crippen LogP contribution in [0.2, 0.25) is 0 Å². The van der Waals surface area contributed by atoms with E-state index in [1.54, 1.807) is 46.0 Å². The molecule has 4 nitrogen and oxygen atoms in total. The minimum absolute atomic E-state index is 0.577. The highest BCUT2D eigenvalue weighted by Crippen LogP contribution is 2.25. The van der Waals surface area contributed by atoms with E-state index in [-0.39, 0.29) is 0 Å². The van der Waals surface area contributed by atoms with Crippen molar-refractivity contribution in [1.82, 2.24) is 4.98 Å². The SMILES string of the molecule is Cc1ccc(B(O)OC(C)(C)C(C)(C)O)cn1. The van der Waals surface area contributed by atoms with E-state index in [4.69, 9.17) is 4.65 Å². The Labute approximate surface area is 103 Å². The molecule has 0 atom stereocenters. The van der Waals surface area contributed by atoms with Crippen molar-refractivity contribution < 1.29 is 14.8 Å². The number of rotatable bonds is 4. The second-order valence-electron chi connectivity index (χ2n) is 5.27. The molecule has 0 aliphatic carbocycles. The van der Waals surface area contributed by atoms with Crippen LogP contribution in [0, 0.1) is 6.92 Å². The Morgan fingerprint density at radius 1 is 1.24 bits per heavy atom. The first kappa shape index (κ1) is 14.2. The standard InChI is InChI=1S/C12H20BNO3/c1-9-6-7-10(8-14-9)13(16)17-12(4,5)11(2,3)15/h6-8,15-16H,1-5H3. The molecule has 17 heavy (non-hydrogen) atoms. The number of hydrogen-bond acceptors (Lipinski definition) is 4. The molecule has 1 aromatic heterocycles. The van der Waals surface area contributed by atoms with Gasteiger partial charge >= 0.3 is 7.12 Å². The lowest BCUT2D eigenvalue weighted by atomic mass is 9.77. The van der Waals surface area contributed by atoms with Crippen molar-refractivity contribution in [3.63, 3.8) is 0 Å². The summed E-state index contributed by atoms with van der Waals surface area (Å²) in [4.78, 5) is 4.09. The summed E-state index contributed by atoms with van der Waals surface area (Å²) in [6, 6.07) is 3.56. The molecule has 0 saturated heterocycles. The number of aliphatic hydroxyl groups is 1. The second-order valence-corrected chi connectivity index (χ2v) is 5.27. The van der Waals surface area contributed by atoms with E-state index >= 15 is 0 Å². The van der Waals surface area contributed by atoms with E-state index < -0.39 is 18.3 Å². The molecular formula is C12H20BNO3. The van der Waals surface area contributed by atoms with E-state index in [1.165, 1.54) is 0 Å². The molecular weight excluding hydrogens is 217 g/mol.